The molecule has 1 N–H and O–H groups in total. The van der Waals surface area contributed by atoms with Crippen molar-refractivity contribution in [2.75, 3.05) is 0 Å². The molecule has 0 spiro atoms. The predicted octanol–water partition coefficient (Wildman–Crippen LogP) is 1.85. The van der Waals surface area contributed by atoms with Crippen molar-refractivity contribution in [2.24, 2.45) is 5.41 Å². The summed E-state index contributed by atoms with van der Waals surface area (Å²) in [4.78, 5) is 11.2. The Hall–Kier alpha value is -0.530. The molecule has 2 aliphatic rings. The van der Waals surface area contributed by atoms with E-state index in [9.17, 15) is 4.79 Å². The predicted molar refractivity (Wildman–Crippen MR) is 47.7 cm³/mol. The van der Waals surface area contributed by atoms with Crippen LogP contribution in [0.2, 0.25) is 0 Å². The number of carbonyl (C=O) groups excluding carboxylic acids is 1. The summed E-state index contributed by atoms with van der Waals surface area (Å²) in [5.41, 5.74) is 0.678. The molecule has 2 rings (SSSR count). The van der Waals surface area contributed by atoms with Gasteiger partial charge in [-0.1, -0.05) is 13.8 Å². The highest BCUT2D eigenvalue weighted by atomic mass is 16.1. The van der Waals surface area contributed by atoms with Gasteiger partial charge >= 0.3 is 0 Å². The Kier molecular flexibility index (Phi) is 1.51. The molecule has 2 saturated carbocycles. The Labute approximate surface area is 73.7 Å². The lowest BCUT2D eigenvalue weighted by Crippen LogP contribution is -2.42. The maximum Gasteiger partial charge on any atom is 0.220 e. The van der Waals surface area contributed by atoms with E-state index in [2.05, 4.69) is 12.2 Å². The number of nitrogens with one attached hydrogen (secondary N) is 1. The van der Waals surface area contributed by atoms with Gasteiger partial charge in [-0.05, 0) is 31.1 Å². The van der Waals surface area contributed by atoms with Gasteiger partial charge in [0.15, 0.2) is 0 Å². The second-order valence-corrected chi connectivity index (χ2v) is 4.54. The molecule has 2 fully saturated rings. The van der Waals surface area contributed by atoms with Gasteiger partial charge in [-0.3, -0.25) is 4.79 Å². The van der Waals surface area contributed by atoms with Gasteiger partial charge in [0, 0.05) is 12.0 Å². The molecule has 2 nitrogen and oxygen atoms in total. The van der Waals surface area contributed by atoms with Gasteiger partial charge in [-0.25, -0.2) is 0 Å². The van der Waals surface area contributed by atoms with Gasteiger partial charge in [0.2, 0.25) is 5.91 Å². The minimum absolute atomic E-state index is 0.222. The smallest absolute Gasteiger partial charge is 0.220 e. The Morgan fingerprint density at radius 1 is 1.33 bits per heavy atom. The van der Waals surface area contributed by atoms with Crippen LogP contribution in [0.25, 0.3) is 0 Å². The standard InChI is InChI=1S/C10H17NO/c1-3-8(12)11-10(6-7-10)9(2)4-5-9/h3-7H2,1-2H3,(H,11,12). The minimum atomic E-state index is 0.222. The van der Waals surface area contributed by atoms with E-state index < -0.39 is 0 Å². The van der Waals surface area contributed by atoms with E-state index in [1.165, 1.54) is 25.7 Å². The van der Waals surface area contributed by atoms with E-state index in [0.29, 0.717) is 11.8 Å². The first-order chi connectivity index (χ1) is 5.62. The summed E-state index contributed by atoms with van der Waals surface area (Å²) in [6.07, 6.45) is 5.64. The lowest BCUT2D eigenvalue weighted by molar-refractivity contribution is -0.122. The van der Waals surface area contributed by atoms with Crippen LogP contribution in [0.15, 0.2) is 0 Å². The highest BCUT2D eigenvalue weighted by Gasteiger charge is 2.63. The van der Waals surface area contributed by atoms with Crippen LogP contribution in [0, 0.1) is 5.41 Å². The number of hydrogen-bond acceptors (Lipinski definition) is 1. The van der Waals surface area contributed by atoms with Crippen LogP contribution in [0.1, 0.15) is 46.0 Å². The van der Waals surface area contributed by atoms with Crippen LogP contribution in [-0.4, -0.2) is 11.4 Å². The van der Waals surface area contributed by atoms with Crippen molar-refractivity contribution in [3.05, 3.63) is 0 Å². The molecule has 1 amide bonds. The third-order valence-corrected chi connectivity index (χ3v) is 3.61. The minimum Gasteiger partial charge on any atom is -0.350 e. The first-order valence-corrected chi connectivity index (χ1v) is 4.93. The number of hydrogen-bond donors (Lipinski definition) is 1. The molecule has 0 atom stereocenters. The van der Waals surface area contributed by atoms with E-state index in [1.54, 1.807) is 0 Å². The largest absolute Gasteiger partial charge is 0.350 e. The molecule has 0 aliphatic heterocycles. The highest BCUT2D eigenvalue weighted by Crippen LogP contribution is 2.63. The van der Waals surface area contributed by atoms with Crippen LogP contribution in [-0.2, 0) is 4.79 Å². The third kappa shape index (κ3) is 1.05. The Bertz CT molecular complexity index is 214. The summed E-state index contributed by atoms with van der Waals surface area (Å²) in [5.74, 6) is 0.223. The van der Waals surface area contributed by atoms with Gasteiger partial charge in [-0.15, -0.1) is 0 Å². The summed E-state index contributed by atoms with van der Waals surface area (Å²) < 4.78 is 0. The molecule has 0 aromatic carbocycles. The van der Waals surface area contributed by atoms with Crippen LogP contribution >= 0.6 is 0 Å². The molecule has 68 valence electrons. The van der Waals surface area contributed by atoms with Crippen molar-refractivity contribution < 1.29 is 4.79 Å². The van der Waals surface area contributed by atoms with E-state index in [4.69, 9.17) is 0 Å². The Balaban J connectivity index is 1.98. The number of rotatable bonds is 3. The molecular formula is C10H17NO. The maximum absolute atomic E-state index is 11.2. The summed E-state index contributed by atoms with van der Waals surface area (Å²) in [7, 11) is 0. The van der Waals surface area contributed by atoms with E-state index >= 15 is 0 Å². The Morgan fingerprint density at radius 3 is 2.25 bits per heavy atom. The molecule has 0 unspecified atom stereocenters. The lowest BCUT2D eigenvalue weighted by Gasteiger charge is -2.23. The average Bonchev–Trinajstić information content (AvgIpc) is 2.89. The second-order valence-electron chi connectivity index (χ2n) is 4.54. The van der Waals surface area contributed by atoms with Crippen LogP contribution in [0.4, 0.5) is 0 Å². The molecule has 2 aliphatic carbocycles. The van der Waals surface area contributed by atoms with Crippen molar-refractivity contribution >= 4 is 5.91 Å². The molecule has 0 aromatic rings. The molecule has 2 heteroatoms. The summed E-state index contributed by atoms with van der Waals surface area (Å²) >= 11 is 0. The summed E-state index contributed by atoms with van der Waals surface area (Å²) in [6, 6.07) is 0. The third-order valence-electron chi connectivity index (χ3n) is 3.61. The first kappa shape index (κ1) is 8.09. The lowest BCUT2D eigenvalue weighted by atomic mass is 9.96. The maximum atomic E-state index is 11.2. The van der Waals surface area contributed by atoms with Gasteiger partial charge in [-0.2, -0.15) is 0 Å². The molecule has 0 saturated heterocycles. The molecule has 0 heterocycles. The number of carbonyl (C=O) groups is 1. The summed E-state index contributed by atoms with van der Waals surface area (Å²) in [5, 5.41) is 3.18. The normalized spacial score (nSPS) is 27.8. The van der Waals surface area contributed by atoms with Gasteiger partial charge in [0.05, 0.1) is 0 Å². The van der Waals surface area contributed by atoms with Crippen molar-refractivity contribution in [2.45, 2.75) is 51.5 Å². The van der Waals surface area contributed by atoms with Gasteiger partial charge in [0.25, 0.3) is 0 Å². The van der Waals surface area contributed by atoms with Crippen molar-refractivity contribution in [1.82, 2.24) is 5.32 Å². The molecule has 0 bridgehead atoms. The quantitative estimate of drug-likeness (QED) is 0.682. The van der Waals surface area contributed by atoms with E-state index in [-0.39, 0.29) is 11.4 Å². The van der Waals surface area contributed by atoms with Crippen LogP contribution < -0.4 is 5.32 Å². The fourth-order valence-electron chi connectivity index (χ4n) is 2.03. The zero-order valence-electron chi connectivity index (χ0n) is 7.94. The van der Waals surface area contributed by atoms with Crippen molar-refractivity contribution in [1.29, 1.82) is 0 Å². The molecular weight excluding hydrogens is 150 g/mol. The first-order valence-electron chi connectivity index (χ1n) is 4.93. The van der Waals surface area contributed by atoms with Gasteiger partial charge in [0.1, 0.15) is 0 Å². The van der Waals surface area contributed by atoms with Crippen molar-refractivity contribution in [3.63, 3.8) is 0 Å². The van der Waals surface area contributed by atoms with Gasteiger partial charge < -0.3 is 5.32 Å². The van der Waals surface area contributed by atoms with Crippen LogP contribution in [0.5, 0.6) is 0 Å². The fraction of sp³-hybridized carbons (Fsp3) is 0.900. The Morgan fingerprint density at radius 2 is 1.92 bits per heavy atom. The zero-order chi connectivity index (χ0) is 8.82. The van der Waals surface area contributed by atoms with E-state index in [0.717, 1.165) is 0 Å². The van der Waals surface area contributed by atoms with Crippen molar-refractivity contribution in [3.8, 4) is 0 Å². The molecule has 0 aromatic heterocycles. The van der Waals surface area contributed by atoms with E-state index in [1.807, 2.05) is 6.92 Å². The molecule has 12 heavy (non-hydrogen) atoms. The zero-order valence-corrected chi connectivity index (χ0v) is 7.94. The fourth-order valence-corrected chi connectivity index (χ4v) is 2.03. The van der Waals surface area contributed by atoms with Crippen LogP contribution in [0.3, 0.4) is 0 Å². The highest BCUT2D eigenvalue weighted by molar-refractivity contribution is 5.77. The SMILES string of the molecule is CCC(=O)NC1(C2(C)CC2)CC1. The molecule has 0 radical (unpaired) electrons. The topological polar surface area (TPSA) is 29.1 Å². The average molecular weight is 167 g/mol. The monoisotopic (exact) mass is 167 g/mol. The second kappa shape index (κ2) is 2.24. The summed E-state index contributed by atoms with van der Waals surface area (Å²) in [6.45, 7) is 4.22. The number of amides is 1.